The Morgan fingerprint density at radius 3 is 2.53 bits per heavy atom. The summed E-state index contributed by atoms with van der Waals surface area (Å²) in [4.78, 5) is 2.45. The van der Waals surface area contributed by atoms with Gasteiger partial charge in [-0.05, 0) is 45.2 Å². The summed E-state index contributed by atoms with van der Waals surface area (Å²) in [5.74, 6) is 1.25. The number of thioether (sulfide) groups is 1. The molecule has 1 saturated carbocycles. The molecule has 0 aliphatic heterocycles. The second-order valence-electron chi connectivity index (χ2n) is 5.12. The van der Waals surface area contributed by atoms with Crippen molar-refractivity contribution < 1.29 is 0 Å². The number of hydrogen-bond acceptors (Lipinski definition) is 3. The van der Waals surface area contributed by atoms with E-state index in [9.17, 15) is 0 Å². The fraction of sp³-hybridized carbons (Fsp3) is 1.00. The molecule has 0 aromatic heterocycles. The van der Waals surface area contributed by atoms with E-state index in [-0.39, 0.29) is 5.54 Å². The highest BCUT2D eigenvalue weighted by atomic mass is 32.2. The van der Waals surface area contributed by atoms with Crippen LogP contribution in [-0.2, 0) is 0 Å². The van der Waals surface area contributed by atoms with E-state index in [1.54, 1.807) is 0 Å². The van der Waals surface area contributed by atoms with Crippen molar-refractivity contribution in [1.29, 1.82) is 0 Å². The molecule has 0 aromatic carbocycles. The molecule has 1 aliphatic rings. The van der Waals surface area contributed by atoms with Crippen molar-refractivity contribution in [2.45, 2.75) is 50.6 Å². The van der Waals surface area contributed by atoms with Crippen molar-refractivity contribution in [3.8, 4) is 0 Å². The zero-order valence-corrected chi connectivity index (χ0v) is 11.3. The summed E-state index contributed by atoms with van der Waals surface area (Å²) in [7, 11) is 2.22. The third kappa shape index (κ3) is 4.33. The second kappa shape index (κ2) is 6.12. The average molecular weight is 230 g/mol. The van der Waals surface area contributed by atoms with E-state index in [1.165, 1.54) is 37.9 Å². The predicted octanol–water partition coefficient (Wildman–Crippen LogP) is 2.33. The Kier molecular flexibility index (Phi) is 5.44. The minimum Gasteiger partial charge on any atom is -0.324 e. The van der Waals surface area contributed by atoms with Gasteiger partial charge >= 0.3 is 0 Å². The monoisotopic (exact) mass is 230 g/mol. The van der Waals surface area contributed by atoms with Crippen LogP contribution in [0.25, 0.3) is 0 Å². The molecule has 2 N–H and O–H groups in total. The first kappa shape index (κ1) is 13.3. The Bertz CT molecular complexity index is 178. The maximum Gasteiger partial charge on any atom is 0.0283 e. The summed E-state index contributed by atoms with van der Waals surface area (Å²) in [6, 6.07) is 0.665. The van der Waals surface area contributed by atoms with Gasteiger partial charge in [0, 0.05) is 18.1 Å². The third-order valence-electron chi connectivity index (χ3n) is 3.66. The molecule has 0 bridgehead atoms. The van der Waals surface area contributed by atoms with Gasteiger partial charge in [0.2, 0.25) is 0 Å². The second-order valence-corrected chi connectivity index (χ2v) is 6.10. The van der Waals surface area contributed by atoms with Crippen LogP contribution in [0.4, 0.5) is 0 Å². The highest BCUT2D eigenvalue weighted by Gasteiger charge is 2.31. The lowest BCUT2D eigenvalue weighted by molar-refractivity contribution is 0.195. The lowest BCUT2D eigenvalue weighted by Crippen LogP contribution is -2.49. The number of nitrogens with zero attached hydrogens (tertiary/aromatic N) is 1. The van der Waals surface area contributed by atoms with E-state index >= 15 is 0 Å². The maximum atomic E-state index is 6.38. The van der Waals surface area contributed by atoms with E-state index in [4.69, 9.17) is 5.73 Å². The van der Waals surface area contributed by atoms with Crippen LogP contribution in [0.2, 0.25) is 0 Å². The van der Waals surface area contributed by atoms with Gasteiger partial charge in [0.05, 0.1) is 0 Å². The average Bonchev–Trinajstić information content (AvgIpc) is 2.61. The quantitative estimate of drug-likeness (QED) is 0.759. The van der Waals surface area contributed by atoms with Gasteiger partial charge in [0.1, 0.15) is 0 Å². The summed E-state index contributed by atoms with van der Waals surface area (Å²) in [5.41, 5.74) is 6.49. The molecule has 1 aliphatic carbocycles. The molecule has 1 unspecified atom stereocenters. The Labute approximate surface area is 99.0 Å². The van der Waals surface area contributed by atoms with Gasteiger partial charge in [-0.15, -0.1) is 0 Å². The normalized spacial score (nSPS) is 22.2. The zero-order valence-electron chi connectivity index (χ0n) is 10.5. The van der Waals surface area contributed by atoms with Crippen LogP contribution in [0, 0.1) is 0 Å². The van der Waals surface area contributed by atoms with Gasteiger partial charge < -0.3 is 10.6 Å². The summed E-state index contributed by atoms with van der Waals surface area (Å²) < 4.78 is 0. The van der Waals surface area contributed by atoms with Crippen LogP contribution >= 0.6 is 11.8 Å². The summed E-state index contributed by atoms with van der Waals surface area (Å²) in [6.45, 7) is 3.39. The Hall–Kier alpha value is 0.270. The minimum atomic E-state index is 0.113. The van der Waals surface area contributed by atoms with Crippen LogP contribution in [-0.4, -0.2) is 42.1 Å². The lowest BCUT2D eigenvalue weighted by atomic mass is 9.98. The van der Waals surface area contributed by atoms with Crippen molar-refractivity contribution in [2.75, 3.05) is 25.6 Å². The zero-order chi connectivity index (χ0) is 11.3. The lowest BCUT2D eigenvalue weighted by Gasteiger charge is -2.33. The van der Waals surface area contributed by atoms with Crippen molar-refractivity contribution in [3.05, 3.63) is 0 Å². The predicted molar refractivity (Wildman–Crippen MR) is 70.5 cm³/mol. The number of hydrogen-bond donors (Lipinski definition) is 1. The van der Waals surface area contributed by atoms with Gasteiger partial charge in [-0.2, -0.15) is 11.8 Å². The number of rotatable bonds is 6. The smallest absolute Gasteiger partial charge is 0.0283 e. The molecule has 0 aromatic rings. The molecule has 1 fully saturated rings. The molecule has 2 nitrogen and oxygen atoms in total. The Balaban J connectivity index is 2.30. The van der Waals surface area contributed by atoms with Gasteiger partial charge in [-0.25, -0.2) is 0 Å². The SMILES string of the molecule is CSCCC(C)N(C)CC1(N)CCCC1. The van der Waals surface area contributed by atoms with Crippen LogP contribution < -0.4 is 5.73 Å². The largest absolute Gasteiger partial charge is 0.324 e. The fourth-order valence-corrected chi connectivity index (χ4v) is 2.98. The van der Waals surface area contributed by atoms with Gasteiger partial charge in [0.25, 0.3) is 0 Å². The van der Waals surface area contributed by atoms with Gasteiger partial charge in [-0.1, -0.05) is 12.8 Å². The molecule has 0 radical (unpaired) electrons. The van der Waals surface area contributed by atoms with E-state index < -0.39 is 0 Å². The van der Waals surface area contributed by atoms with Gasteiger partial charge in [-0.3, -0.25) is 0 Å². The standard InChI is InChI=1S/C12H26N2S/c1-11(6-9-15-3)14(2)10-12(13)7-4-5-8-12/h11H,4-10,13H2,1-3H3. The van der Waals surface area contributed by atoms with E-state index in [2.05, 4.69) is 25.1 Å². The topological polar surface area (TPSA) is 29.3 Å². The molecule has 0 amide bonds. The molecular formula is C12H26N2S. The summed E-state index contributed by atoms with van der Waals surface area (Å²) in [6.07, 6.45) is 8.52. The molecule has 1 atom stereocenters. The van der Waals surface area contributed by atoms with Crippen molar-refractivity contribution in [1.82, 2.24) is 4.90 Å². The van der Waals surface area contributed by atoms with Gasteiger partial charge in [0.15, 0.2) is 0 Å². The van der Waals surface area contributed by atoms with Crippen LogP contribution in [0.1, 0.15) is 39.0 Å². The Morgan fingerprint density at radius 1 is 1.40 bits per heavy atom. The van der Waals surface area contributed by atoms with E-state index in [1.807, 2.05) is 11.8 Å². The maximum absolute atomic E-state index is 6.38. The molecule has 3 heteroatoms. The summed E-state index contributed by atoms with van der Waals surface area (Å²) >= 11 is 1.93. The van der Waals surface area contributed by atoms with Crippen molar-refractivity contribution in [3.63, 3.8) is 0 Å². The first-order chi connectivity index (χ1) is 7.07. The van der Waals surface area contributed by atoms with Crippen LogP contribution in [0.15, 0.2) is 0 Å². The molecule has 0 heterocycles. The third-order valence-corrected chi connectivity index (χ3v) is 4.30. The first-order valence-electron chi connectivity index (χ1n) is 6.05. The highest BCUT2D eigenvalue weighted by molar-refractivity contribution is 7.98. The molecule has 0 spiro atoms. The first-order valence-corrected chi connectivity index (χ1v) is 7.45. The summed E-state index contributed by atoms with van der Waals surface area (Å²) in [5, 5.41) is 0. The molecule has 1 rings (SSSR count). The van der Waals surface area contributed by atoms with Crippen molar-refractivity contribution >= 4 is 11.8 Å². The van der Waals surface area contributed by atoms with Crippen LogP contribution in [0.3, 0.4) is 0 Å². The number of likely N-dealkylation sites (N-methyl/N-ethyl adjacent to an activating group) is 1. The van der Waals surface area contributed by atoms with Crippen molar-refractivity contribution in [2.24, 2.45) is 5.73 Å². The minimum absolute atomic E-state index is 0.113. The van der Waals surface area contributed by atoms with E-state index in [0.29, 0.717) is 6.04 Å². The number of nitrogens with two attached hydrogens (primary N) is 1. The molecule has 0 saturated heterocycles. The molecule has 90 valence electrons. The molecule has 15 heavy (non-hydrogen) atoms. The van der Waals surface area contributed by atoms with E-state index in [0.717, 1.165) is 6.54 Å². The highest BCUT2D eigenvalue weighted by Crippen LogP contribution is 2.28. The molecular weight excluding hydrogens is 204 g/mol. The fourth-order valence-electron chi connectivity index (χ4n) is 2.40. The van der Waals surface area contributed by atoms with Crippen LogP contribution in [0.5, 0.6) is 0 Å². The Morgan fingerprint density at radius 2 is 2.00 bits per heavy atom.